The number of carbonyl (C=O) groups excluding carboxylic acids is 1. The van der Waals surface area contributed by atoms with Gasteiger partial charge in [0, 0.05) is 12.3 Å². The molecule has 6 nitrogen and oxygen atoms in total. The zero-order valence-corrected chi connectivity index (χ0v) is 14.9. The lowest BCUT2D eigenvalue weighted by Crippen LogP contribution is -2.13. The summed E-state index contributed by atoms with van der Waals surface area (Å²) in [5.41, 5.74) is 0. The van der Waals surface area contributed by atoms with Gasteiger partial charge in [-0.2, -0.15) is 4.52 Å². The van der Waals surface area contributed by atoms with Crippen LogP contribution in [0, 0.1) is 5.92 Å². The van der Waals surface area contributed by atoms with Crippen molar-refractivity contribution in [3.8, 4) is 0 Å². The normalized spacial score (nSPS) is 20.0. The van der Waals surface area contributed by atoms with E-state index >= 15 is 0 Å². The summed E-state index contributed by atoms with van der Waals surface area (Å²) < 4.78 is 1.84. The molecule has 1 N–H and O–H groups in total. The van der Waals surface area contributed by atoms with Crippen molar-refractivity contribution in [2.24, 2.45) is 5.92 Å². The Morgan fingerprint density at radius 1 is 1.08 bits per heavy atom. The van der Waals surface area contributed by atoms with Crippen molar-refractivity contribution < 1.29 is 4.79 Å². The third-order valence-electron chi connectivity index (χ3n) is 5.49. The Balaban J connectivity index is 1.39. The van der Waals surface area contributed by atoms with Gasteiger partial charge >= 0.3 is 0 Å². The molecule has 0 bridgehead atoms. The summed E-state index contributed by atoms with van der Waals surface area (Å²) in [4.78, 5) is 12.9. The van der Waals surface area contributed by atoms with E-state index < -0.39 is 0 Å². The number of hydrogen-bond donors (Lipinski definition) is 1. The molecule has 2 aliphatic carbocycles. The van der Waals surface area contributed by atoms with Crippen LogP contribution in [0.2, 0.25) is 0 Å². The molecule has 2 aromatic heterocycles. The fourth-order valence-electron chi connectivity index (χ4n) is 4.11. The molecule has 2 saturated carbocycles. The Labute approximate surface area is 146 Å². The average Bonchev–Trinajstić information content (AvgIpc) is 3.30. The van der Waals surface area contributed by atoms with Crippen LogP contribution in [0.1, 0.15) is 82.4 Å². The standard InChI is InChI=1S/C17H25N5OS/c23-14(11-10-12-6-4-5-7-12)18-16-21-22-15(19-20-17(22)24-16)13-8-2-1-3-9-13/h12-13H,1-11H2,(H,18,21,23). The molecule has 24 heavy (non-hydrogen) atoms. The molecule has 0 spiro atoms. The van der Waals surface area contributed by atoms with E-state index in [1.807, 2.05) is 4.52 Å². The first-order valence-corrected chi connectivity index (χ1v) is 10.1. The third kappa shape index (κ3) is 3.45. The second-order valence-corrected chi connectivity index (χ2v) is 8.19. The molecule has 7 heteroatoms. The smallest absolute Gasteiger partial charge is 0.236 e. The Hall–Kier alpha value is -1.50. The first-order valence-electron chi connectivity index (χ1n) is 9.31. The van der Waals surface area contributed by atoms with Crippen molar-refractivity contribution in [3.05, 3.63) is 5.82 Å². The number of anilines is 1. The molecule has 2 aliphatic rings. The zero-order valence-electron chi connectivity index (χ0n) is 14.0. The van der Waals surface area contributed by atoms with E-state index in [1.165, 1.54) is 69.1 Å². The van der Waals surface area contributed by atoms with E-state index in [1.54, 1.807) is 0 Å². The Kier molecular flexibility index (Phi) is 4.78. The van der Waals surface area contributed by atoms with Crippen LogP contribution in [0.15, 0.2) is 0 Å². The van der Waals surface area contributed by atoms with Gasteiger partial charge in [0.25, 0.3) is 0 Å². The second-order valence-electron chi connectivity index (χ2n) is 7.23. The van der Waals surface area contributed by atoms with Crippen LogP contribution >= 0.6 is 11.3 Å². The van der Waals surface area contributed by atoms with Crippen LogP contribution in [0.5, 0.6) is 0 Å². The number of rotatable bonds is 5. The molecule has 1 amide bonds. The van der Waals surface area contributed by atoms with Crippen LogP contribution in [-0.2, 0) is 4.79 Å². The molecule has 0 unspecified atom stereocenters. The molecule has 0 atom stereocenters. The van der Waals surface area contributed by atoms with Gasteiger partial charge in [0.1, 0.15) is 0 Å². The number of amides is 1. The SMILES string of the molecule is O=C(CCC1CCCC1)Nc1nn2c(C3CCCCC3)nnc2s1. The first kappa shape index (κ1) is 16.0. The summed E-state index contributed by atoms with van der Waals surface area (Å²) >= 11 is 1.41. The van der Waals surface area contributed by atoms with E-state index in [9.17, 15) is 4.79 Å². The van der Waals surface area contributed by atoms with Crippen LogP contribution < -0.4 is 5.32 Å². The predicted octanol–water partition coefficient (Wildman–Crippen LogP) is 4.14. The second kappa shape index (κ2) is 7.17. The monoisotopic (exact) mass is 347 g/mol. The fraction of sp³-hybridized carbons (Fsp3) is 0.765. The maximum Gasteiger partial charge on any atom is 0.236 e. The number of aromatic nitrogens is 4. The minimum atomic E-state index is 0.0751. The molecular formula is C17H25N5OS. The average molecular weight is 347 g/mol. The zero-order chi connectivity index (χ0) is 16.4. The van der Waals surface area contributed by atoms with Gasteiger partial charge in [-0.15, -0.1) is 15.3 Å². The van der Waals surface area contributed by atoms with Crippen molar-refractivity contribution in [1.29, 1.82) is 0 Å². The number of fused-ring (bicyclic) bond motifs is 1. The van der Waals surface area contributed by atoms with Crippen molar-refractivity contribution in [1.82, 2.24) is 19.8 Å². The highest BCUT2D eigenvalue weighted by atomic mass is 32.1. The number of carbonyl (C=O) groups is 1. The molecule has 4 rings (SSSR count). The minimum Gasteiger partial charge on any atom is -0.301 e. The highest BCUT2D eigenvalue weighted by molar-refractivity contribution is 7.20. The maximum atomic E-state index is 12.2. The summed E-state index contributed by atoms with van der Waals surface area (Å²) in [6, 6.07) is 0. The molecule has 2 heterocycles. The topological polar surface area (TPSA) is 72.2 Å². The van der Waals surface area contributed by atoms with Crippen LogP contribution in [-0.4, -0.2) is 25.7 Å². The van der Waals surface area contributed by atoms with Crippen molar-refractivity contribution in [2.75, 3.05) is 5.32 Å². The molecule has 2 aromatic rings. The van der Waals surface area contributed by atoms with Crippen LogP contribution in [0.25, 0.3) is 4.96 Å². The largest absolute Gasteiger partial charge is 0.301 e. The van der Waals surface area contributed by atoms with E-state index in [-0.39, 0.29) is 5.91 Å². The Morgan fingerprint density at radius 3 is 2.62 bits per heavy atom. The summed E-state index contributed by atoms with van der Waals surface area (Å²) in [6.45, 7) is 0. The molecule has 0 aromatic carbocycles. The highest BCUT2D eigenvalue weighted by Gasteiger charge is 2.23. The first-order chi connectivity index (χ1) is 11.8. The van der Waals surface area contributed by atoms with Gasteiger partial charge in [-0.05, 0) is 25.2 Å². The number of nitrogens with zero attached hydrogens (tertiary/aromatic N) is 4. The van der Waals surface area contributed by atoms with E-state index in [2.05, 4.69) is 20.6 Å². The number of nitrogens with one attached hydrogen (secondary N) is 1. The van der Waals surface area contributed by atoms with Crippen LogP contribution in [0.4, 0.5) is 5.13 Å². The van der Waals surface area contributed by atoms with Gasteiger partial charge in [0.15, 0.2) is 5.82 Å². The molecule has 0 saturated heterocycles. The predicted molar refractivity (Wildman–Crippen MR) is 94.3 cm³/mol. The van der Waals surface area contributed by atoms with Gasteiger partial charge < -0.3 is 5.32 Å². The van der Waals surface area contributed by atoms with Gasteiger partial charge in [0.05, 0.1) is 0 Å². The highest BCUT2D eigenvalue weighted by Crippen LogP contribution is 2.33. The van der Waals surface area contributed by atoms with Gasteiger partial charge in [-0.1, -0.05) is 56.3 Å². The lowest BCUT2D eigenvalue weighted by Gasteiger charge is -2.18. The lowest BCUT2D eigenvalue weighted by molar-refractivity contribution is -0.116. The van der Waals surface area contributed by atoms with E-state index in [0.717, 1.165) is 23.1 Å². The maximum absolute atomic E-state index is 12.2. The van der Waals surface area contributed by atoms with Gasteiger partial charge in [0.2, 0.25) is 16.0 Å². The van der Waals surface area contributed by atoms with Crippen molar-refractivity contribution >= 4 is 27.3 Å². The van der Waals surface area contributed by atoms with Crippen molar-refractivity contribution in [2.45, 2.75) is 76.5 Å². The van der Waals surface area contributed by atoms with Gasteiger partial charge in [-0.3, -0.25) is 4.79 Å². The van der Waals surface area contributed by atoms with E-state index in [0.29, 0.717) is 17.5 Å². The molecule has 130 valence electrons. The minimum absolute atomic E-state index is 0.0751. The Bertz CT molecular complexity index is 697. The lowest BCUT2D eigenvalue weighted by atomic mass is 9.89. The third-order valence-corrected chi connectivity index (χ3v) is 6.30. The van der Waals surface area contributed by atoms with Crippen LogP contribution in [0.3, 0.4) is 0 Å². The van der Waals surface area contributed by atoms with Gasteiger partial charge in [-0.25, -0.2) is 0 Å². The molecular weight excluding hydrogens is 322 g/mol. The summed E-state index contributed by atoms with van der Waals surface area (Å²) in [5, 5.41) is 16.7. The fourth-order valence-corrected chi connectivity index (χ4v) is 4.88. The molecule has 2 fully saturated rings. The molecule has 0 aliphatic heterocycles. The quantitative estimate of drug-likeness (QED) is 0.882. The van der Waals surface area contributed by atoms with E-state index in [4.69, 9.17) is 0 Å². The summed E-state index contributed by atoms with van der Waals surface area (Å²) in [6.07, 6.45) is 13.0. The summed E-state index contributed by atoms with van der Waals surface area (Å²) in [5.74, 6) is 2.24. The Morgan fingerprint density at radius 2 is 1.83 bits per heavy atom. The van der Waals surface area contributed by atoms with Crippen molar-refractivity contribution in [3.63, 3.8) is 0 Å². The summed E-state index contributed by atoms with van der Waals surface area (Å²) in [7, 11) is 0. The molecule has 0 radical (unpaired) electrons. The number of hydrogen-bond acceptors (Lipinski definition) is 5.